The summed E-state index contributed by atoms with van der Waals surface area (Å²) in [4.78, 5) is 29.0. The Morgan fingerprint density at radius 3 is 2.96 bits per heavy atom. The lowest BCUT2D eigenvalue weighted by atomic mass is 9.86. The quantitative estimate of drug-likeness (QED) is 0.894. The van der Waals surface area contributed by atoms with Crippen molar-refractivity contribution in [2.75, 3.05) is 0 Å². The molecule has 1 aromatic carbocycles. The van der Waals surface area contributed by atoms with Crippen molar-refractivity contribution in [1.82, 2.24) is 14.9 Å². The van der Waals surface area contributed by atoms with Gasteiger partial charge < -0.3 is 5.32 Å². The summed E-state index contributed by atoms with van der Waals surface area (Å²) < 4.78 is 2.19. The molecular weight excluding hydrogens is 358 g/mol. The molecule has 122 valence electrons. The van der Waals surface area contributed by atoms with Crippen LogP contribution in [0.1, 0.15) is 32.6 Å². The number of nitrogens with one attached hydrogen (secondary N) is 1. The largest absolute Gasteiger partial charge is 0.352 e. The smallest absolute Gasteiger partial charge is 0.261 e. The van der Waals surface area contributed by atoms with Crippen molar-refractivity contribution in [3.05, 3.63) is 39.4 Å². The van der Waals surface area contributed by atoms with Gasteiger partial charge in [-0.05, 0) is 37.0 Å². The van der Waals surface area contributed by atoms with Gasteiger partial charge in [-0.1, -0.05) is 35.7 Å². The van der Waals surface area contributed by atoms with Gasteiger partial charge in [0.2, 0.25) is 5.91 Å². The Morgan fingerprint density at radius 2 is 2.17 bits per heavy atom. The minimum atomic E-state index is -0.192. The Morgan fingerprint density at radius 1 is 1.39 bits per heavy atom. The second-order valence-corrected chi connectivity index (χ2v) is 7.19. The van der Waals surface area contributed by atoms with E-state index in [1.165, 1.54) is 17.3 Å². The first-order valence-corrected chi connectivity index (χ1v) is 8.78. The third-order valence-corrected chi connectivity index (χ3v) is 5.05. The van der Waals surface area contributed by atoms with Gasteiger partial charge in [0.15, 0.2) is 0 Å². The number of nitrogens with zero attached hydrogens (tertiary/aromatic N) is 2. The predicted octanol–water partition coefficient (Wildman–Crippen LogP) is 2.85. The summed E-state index contributed by atoms with van der Waals surface area (Å²) in [5.41, 5.74) is 0.443. The van der Waals surface area contributed by atoms with Crippen molar-refractivity contribution >= 4 is 32.7 Å². The monoisotopic (exact) mass is 377 g/mol. The van der Waals surface area contributed by atoms with Gasteiger partial charge in [-0.15, -0.1) is 0 Å². The van der Waals surface area contributed by atoms with Crippen LogP contribution >= 0.6 is 15.9 Å². The summed E-state index contributed by atoms with van der Waals surface area (Å²) in [6.07, 6.45) is 6.00. The van der Waals surface area contributed by atoms with Crippen LogP contribution in [0.2, 0.25) is 0 Å². The van der Waals surface area contributed by atoms with Crippen molar-refractivity contribution in [2.45, 2.75) is 45.2 Å². The number of rotatable bonds is 3. The molecule has 6 heteroatoms. The average Bonchev–Trinajstić information content (AvgIpc) is 2.53. The summed E-state index contributed by atoms with van der Waals surface area (Å²) >= 11 is 3.36. The first-order valence-electron chi connectivity index (χ1n) is 7.98. The molecule has 1 amide bonds. The highest BCUT2D eigenvalue weighted by atomic mass is 79.9. The molecule has 2 atom stereocenters. The Hall–Kier alpha value is -1.69. The van der Waals surface area contributed by atoms with Crippen LogP contribution in [0.25, 0.3) is 10.9 Å². The SMILES string of the molecule is C[C@H]1CCCC[C@H]1NC(=O)Cn1cnc2ccc(Br)cc2c1=O. The Balaban J connectivity index is 1.77. The number of hydrogen-bond donors (Lipinski definition) is 1. The molecule has 1 aliphatic carbocycles. The highest BCUT2D eigenvalue weighted by Crippen LogP contribution is 2.23. The molecule has 23 heavy (non-hydrogen) atoms. The predicted molar refractivity (Wildman–Crippen MR) is 93.3 cm³/mol. The van der Waals surface area contributed by atoms with Crippen molar-refractivity contribution in [3.8, 4) is 0 Å². The number of carbonyl (C=O) groups is 1. The van der Waals surface area contributed by atoms with Gasteiger partial charge in [-0.2, -0.15) is 0 Å². The molecule has 0 spiro atoms. The van der Waals surface area contributed by atoms with E-state index < -0.39 is 0 Å². The highest BCUT2D eigenvalue weighted by molar-refractivity contribution is 9.10. The Bertz CT molecular complexity index is 787. The second kappa shape index (κ2) is 6.83. The average molecular weight is 378 g/mol. The van der Waals surface area contributed by atoms with E-state index in [1.54, 1.807) is 12.1 Å². The van der Waals surface area contributed by atoms with Crippen LogP contribution in [0.4, 0.5) is 0 Å². The molecule has 1 N–H and O–H groups in total. The lowest BCUT2D eigenvalue weighted by Crippen LogP contribution is -2.43. The standard InChI is InChI=1S/C17H20BrN3O2/c1-11-4-2-3-5-14(11)20-16(22)9-21-10-19-15-7-6-12(18)8-13(15)17(21)23/h6-8,10-11,14H,2-5,9H2,1H3,(H,20,22)/t11-,14+/m0/s1. The van der Waals surface area contributed by atoms with E-state index in [-0.39, 0.29) is 24.1 Å². The maximum absolute atomic E-state index is 12.5. The fourth-order valence-electron chi connectivity index (χ4n) is 3.18. The first kappa shape index (κ1) is 16.2. The molecule has 5 nitrogen and oxygen atoms in total. The molecule has 0 radical (unpaired) electrons. The zero-order valence-corrected chi connectivity index (χ0v) is 14.7. The van der Waals surface area contributed by atoms with E-state index in [4.69, 9.17) is 0 Å². The molecule has 0 bridgehead atoms. The van der Waals surface area contributed by atoms with Gasteiger partial charge in [0, 0.05) is 10.5 Å². The van der Waals surface area contributed by atoms with E-state index >= 15 is 0 Å². The van der Waals surface area contributed by atoms with Crippen LogP contribution in [0.5, 0.6) is 0 Å². The molecule has 1 heterocycles. The van der Waals surface area contributed by atoms with E-state index in [2.05, 4.69) is 33.2 Å². The zero-order chi connectivity index (χ0) is 16.4. The minimum Gasteiger partial charge on any atom is -0.352 e. The van der Waals surface area contributed by atoms with Crippen molar-refractivity contribution in [2.24, 2.45) is 5.92 Å². The topological polar surface area (TPSA) is 64.0 Å². The molecule has 2 aromatic rings. The number of fused-ring (bicyclic) bond motifs is 1. The van der Waals surface area contributed by atoms with E-state index in [0.717, 1.165) is 23.7 Å². The van der Waals surface area contributed by atoms with Crippen LogP contribution in [0.3, 0.4) is 0 Å². The third kappa shape index (κ3) is 3.63. The second-order valence-electron chi connectivity index (χ2n) is 6.27. The first-order chi connectivity index (χ1) is 11.0. The lowest BCUT2D eigenvalue weighted by Gasteiger charge is -2.29. The summed E-state index contributed by atoms with van der Waals surface area (Å²) in [6.45, 7) is 2.18. The molecule has 1 aliphatic rings. The lowest BCUT2D eigenvalue weighted by molar-refractivity contribution is -0.123. The van der Waals surface area contributed by atoms with Gasteiger partial charge in [0.05, 0.1) is 17.2 Å². The Labute approximate surface area is 143 Å². The minimum absolute atomic E-state index is 0.0114. The number of halogens is 1. The fourth-order valence-corrected chi connectivity index (χ4v) is 3.54. The highest BCUT2D eigenvalue weighted by Gasteiger charge is 2.22. The van der Waals surface area contributed by atoms with Gasteiger partial charge in [0.1, 0.15) is 6.54 Å². The van der Waals surface area contributed by atoms with Crippen molar-refractivity contribution in [3.63, 3.8) is 0 Å². The van der Waals surface area contributed by atoms with Gasteiger partial charge in [0.25, 0.3) is 5.56 Å². The van der Waals surface area contributed by atoms with Crippen LogP contribution in [0, 0.1) is 5.92 Å². The normalized spacial score (nSPS) is 21.3. The van der Waals surface area contributed by atoms with Crippen LogP contribution in [-0.4, -0.2) is 21.5 Å². The molecule has 3 rings (SSSR count). The number of benzene rings is 1. The number of hydrogen-bond acceptors (Lipinski definition) is 3. The molecule has 0 aliphatic heterocycles. The number of carbonyl (C=O) groups excluding carboxylic acids is 1. The van der Waals surface area contributed by atoms with Crippen molar-refractivity contribution < 1.29 is 4.79 Å². The van der Waals surface area contributed by atoms with Crippen LogP contribution < -0.4 is 10.9 Å². The third-order valence-electron chi connectivity index (χ3n) is 4.56. The van der Waals surface area contributed by atoms with E-state index in [9.17, 15) is 9.59 Å². The van der Waals surface area contributed by atoms with Crippen LogP contribution in [-0.2, 0) is 11.3 Å². The maximum Gasteiger partial charge on any atom is 0.261 e. The summed E-state index contributed by atoms with van der Waals surface area (Å²) in [5.74, 6) is 0.372. The summed E-state index contributed by atoms with van der Waals surface area (Å²) in [5, 5.41) is 3.58. The fraction of sp³-hybridized carbons (Fsp3) is 0.471. The summed E-state index contributed by atoms with van der Waals surface area (Å²) in [6, 6.07) is 5.59. The molecule has 0 unspecified atom stereocenters. The zero-order valence-electron chi connectivity index (χ0n) is 13.1. The molecule has 1 fully saturated rings. The Kier molecular flexibility index (Phi) is 4.80. The summed E-state index contributed by atoms with van der Waals surface area (Å²) in [7, 11) is 0. The van der Waals surface area contributed by atoms with E-state index in [0.29, 0.717) is 16.8 Å². The molecular formula is C17H20BrN3O2. The number of amides is 1. The molecule has 1 saturated carbocycles. The maximum atomic E-state index is 12.5. The van der Waals surface area contributed by atoms with Crippen molar-refractivity contribution in [1.29, 1.82) is 0 Å². The molecule has 0 saturated heterocycles. The molecule has 1 aromatic heterocycles. The van der Waals surface area contributed by atoms with Gasteiger partial charge in [-0.25, -0.2) is 4.98 Å². The van der Waals surface area contributed by atoms with Gasteiger partial charge in [-0.3, -0.25) is 14.2 Å². The number of aromatic nitrogens is 2. The van der Waals surface area contributed by atoms with Gasteiger partial charge >= 0.3 is 0 Å². The van der Waals surface area contributed by atoms with E-state index in [1.807, 2.05) is 6.07 Å². The van der Waals surface area contributed by atoms with Crippen LogP contribution in [0.15, 0.2) is 33.8 Å².